The van der Waals surface area contributed by atoms with E-state index >= 15 is 0 Å². The molecule has 0 atom stereocenters. The Balaban J connectivity index is 1.46. The van der Waals surface area contributed by atoms with Gasteiger partial charge in [-0.15, -0.1) is 0 Å². The summed E-state index contributed by atoms with van der Waals surface area (Å²) in [5.74, 6) is -2.32. The first kappa shape index (κ1) is 19.7. The number of hydrogen-bond donors (Lipinski definition) is 2. The molecule has 0 unspecified atom stereocenters. The van der Waals surface area contributed by atoms with Crippen LogP contribution in [-0.2, 0) is 4.79 Å². The Morgan fingerprint density at radius 3 is 2.36 bits per heavy atom. The van der Waals surface area contributed by atoms with Gasteiger partial charge in [-0.1, -0.05) is 15.9 Å². The SMILES string of the molecule is O=C(CCCN1C(=O)c2ccc(Br)cc2C1=O)NNC(=O)c1ccc(F)cc1. The van der Waals surface area contributed by atoms with E-state index < -0.39 is 29.4 Å². The number of nitrogens with one attached hydrogen (secondary N) is 2. The van der Waals surface area contributed by atoms with Crippen molar-refractivity contribution in [2.45, 2.75) is 12.8 Å². The fourth-order valence-electron chi connectivity index (χ4n) is 2.73. The van der Waals surface area contributed by atoms with E-state index in [1.807, 2.05) is 0 Å². The summed E-state index contributed by atoms with van der Waals surface area (Å²) in [5.41, 5.74) is 5.32. The molecule has 9 heteroatoms. The zero-order chi connectivity index (χ0) is 20.3. The molecule has 4 amide bonds. The minimum absolute atomic E-state index is 0.000791. The lowest BCUT2D eigenvalue weighted by atomic mass is 10.1. The molecular formula is C19H15BrFN3O4. The molecule has 2 aromatic carbocycles. The van der Waals surface area contributed by atoms with Crippen molar-refractivity contribution in [1.29, 1.82) is 0 Å². The molecule has 2 N–H and O–H groups in total. The number of benzene rings is 2. The van der Waals surface area contributed by atoms with Crippen LogP contribution in [0.4, 0.5) is 4.39 Å². The van der Waals surface area contributed by atoms with Crippen molar-refractivity contribution in [3.8, 4) is 0 Å². The van der Waals surface area contributed by atoms with Gasteiger partial charge in [0.05, 0.1) is 11.1 Å². The number of imide groups is 1. The van der Waals surface area contributed by atoms with Crippen LogP contribution in [0.25, 0.3) is 0 Å². The van der Waals surface area contributed by atoms with Crippen LogP contribution in [-0.4, -0.2) is 35.1 Å². The van der Waals surface area contributed by atoms with Gasteiger partial charge in [0.15, 0.2) is 0 Å². The predicted octanol–water partition coefficient (Wildman–Crippen LogP) is 2.43. The number of amides is 4. The van der Waals surface area contributed by atoms with Crippen molar-refractivity contribution in [3.05, 3.63) is 69.4 Å². The molecule has 28 heavy (non-hydrogen) atoms. The number of hydrazine groups is 1. The Labute approximate surface area is 168 Å². The number of hydrogen-bond acceptors (Lipinski definition) is 4. The van der Waals surface area contributed by atoms with Gasteiger partial charge in [-0.2, -0.15) is 0 Å². The lowest BCUT2D eigenvalue weighted by Crippen LogP contribution is -2.42. The molecule has 1 heterocycles. The van der Waals surface area contributed by atoms with E-state index in [-0.39, 0.29) is 24.9 Å². The van der Waals surface area contributed by atoms with Gasteiger partial charge in [0.25, 0.3) is 17.7 Å². The molecule has 0 saturated carbocycles. The van der Waals surface area contributed by atoms with Crippen LogP contribution in [0.2, 0.25) is 0 Å². The van der Waals surface area contributed by atoms with Crippen molar-refractivity contribution in [1.82, 2.24) is 15.8 Å². The van der Waals surface area contributed by atoms with Crippen LogP contribution in [0, 0.1) is 5.82 Å². The number of halogens is 2. The van der Waals surface area contributed by atoms with Crippen LogP contribution in [0.1, 0.15) is 43.9 Å². The Kier molecular flexibility index (Phi) is 5.84. The number of fused-ring (bicyclic) bond motifs is 1. The molecule has 0 spiro atoms. The van der Waals surface area contributed by atoms with Crippen LogP contribution in [0.5, 0.6) is 0 Å². The van der Waals surface area contributed by atoms with Gasteiger partial charge in [-0.3, -0.25) is 34.9 Å². The monoisotopic (exact) mass is 447 g/mol. The quantitative estimate of drug-likeness (QED) is 0.543. The summed E-state index contributed by atoms with van der Waals surface area (Å²) in [6.07, 6.45) is 0.242. The zero-order valence-corrected chi connectivity index (χ0v) is 16.1. The highest BCUT2D eigenvalue weighted by Gasteiger charge is 2.35. The lowest BCUT2D eigenvalue weighted by Gasteiger charge is -2.13. The second-order valence-electron chi connectivity index (χ2n) is 6.06. The Morgan fingerprint density at radius 2 is 1.64 bits per heavy atom. The smallest absolute Gasteiger partial charge is 0.269 e. The minimum Gasteiger partial charge on any atom is -0.274 e. The summed E-state index contributed by atoms with van der Waals surface area (Å²) in [4.78, 5) is 49.4. The fraction of sp³-hybridized carbons (Fsp3) is 0.158. The molecule has 0 radical (unpaired) electrons. The largest absolute Gasteiger partial charge is 0.274 e. The summed E-state index contributed by atoms with van der Waals surface area (Å²) in [6, 6.07) is 9.71. The minimum atomic E-state index is -0.584. The highest BCUT2D eigenvalue weighted by atomic mass is 79.9. The van der Waals surface area contributed by atoms with Gasteiger partial charge in [0.1, 0.15) is 5.82 Å². The second kappa shape index (κ2) is 8.30. The first-order chi connectivity index (χ1) is 13.4. The third-order valence-electron chi connectivity index (χ3n) is 4.14. The molecule has 0 fully saturated rings. The standard InChI is InChI=1S/C19H15BrFN3O4/c20-12-5-8-14-15(10-12)19(28)24(18(14)27)9-1-2-16(25)22-23-17(26)11-3-6-13(21)7-4-11/h3-8,10H,1-2,9H2,(H,22,25)(H,23,26). The molecule has 1 aliphatic rings. The van der Waals surface area contributed by atoms with E-state index in [1.165, 1.54) is 12.1 Å². The molecule has 0 saturated heterocycles. The molecule has 0 aliphatic carbocycles. The summed E-state index contributed by atoms with van der Waals surface area (Å²) in [6.45, 7) is 0.0866. The molecule has 2 aromatic rings. The Morgan fingerprint density at radius 1 is 0.964 bits per heavy atom. The third kappa shape index (κ3) is 4.25. The van der Waals surface area contributed by atoms with Crippen LogP contribution in [0.15, 0.2) is 46.9 Å². The van der Waals surface area contributed by atoms with Gasteiger partial charge in [-0.05, 0) is 48.9 Å². The molecule has 144 valence electrons. The van der Waals surface area contributed by atoms with E-state index in [1.54, 1.807) is 18.2 Å². The van der Waals surface area contributed by atoms with Crippen molar-refractivity contribution >= 4 is 39.6 Å². The fourth-order valence-corrected chi connectivity index (χ4v) is 3.09. The van der Waals surface area contributed by atoms with Gasteiger partial charge in [0.2, 0.25) is 5.91 Å². The van der Waals surface area contributed by atoms with Gasteiger partial charge >= 0.3 is 0 Å². The van der Waals surface area contributed by atoms with Crippen LogP contribution in [0.3, 0.4) is 0 Å². The van der Waals surface area contributed by atoms with Crippen molar-refractivity contribution in [2.24, 2.45) is 0 Å². The number of carbonyl (C=O) groups excluding carboxylic acids is 4. The van der Waals surface area contributed by atoms with E-state index in [2.05, 4.69) is 26.8 Å². The number of nitrogens with zero attached hydrogens (tertiary/aromatic N) is 1. The normalized spacial score (nSPS) is 12.7. The van der Waals surface area contributed by atoms with E-state index in [0.717, 1.165) is 17.0 Å². The van der Waals surface area contributed by atoms with Gasteiger partial charge < -0.3 is 0 Å². The highest BCUT2D eigenvalue weighted by molar-refractivity contribution is 9.10. The average Bonchev–Trinajstić information content (AvgIpc) is 2.91. The average molecular weight is 448 g/mol. The summed E-state index contributed by atoms with van der Waals surface area (Å²) >= 11 is 3.27. The van der Waals surface area contributed by atoms with E-state index in [0.29, 0.717) is 15.6 Å². The van der Waals surface area contributed by atoms with E-state index in [4.69, 9.17) is 0 Å². The molecule has 7 nitrogen and oxygen atoms in total. The molecule has 1 aliphatic heterocycles. The van der Waals surface area contributed by atoms with Crippen molar-refractivity contribution < 1.29 is 23.6 Å². The van der Waals surface area contributed by atoms with Gasteiger partial charge in [0, 0.05) is 23.0 Å². The predicted molar refractivity (Wildman–Crippen MR) is 101 cm³/mol. The molecule has 3 rings (SSSR count). The number of carbonyl (C=O) groups is 4. The maximum absolute atomic E-state index is 12.8. The Bertz CT molecular complexity index is 962. The molecular weight excluding hydrogens is 433 g/mol. The first-order valence-electron chi connectivity index (χ1n) is 8.37. The van der Waals surface area contributed by atoms with Crippen molar-refractivity contribution in [3.63, 3.8) is 0 Å². The topological polar surface area (TPSA) is 95.6 Å². The third-order valence-corrected chi connectivity index (χ3v) is 4.63. The van der Waals surface area contributed by atoms with Crippen LogP contribution >= 0.6 is 15.9 Å². The zero-order valence-electron chi connectivity index (χ0n) is 14.5. The lowest BCUT2D eigenvalue weighted by molar-refractivity contribution is -0.122. The maximum atomic E-state index is 12.8. The molecule has 0 aromatic heterocycles. The van der Waals surface area contributed by atoms with E-state index in [9.17, 15) is 23.6 Å². The highest BCUT2D eigenvalue weighted by Crippen LogP contribution is 2.26. The Hall–Kier alpha value is -3.07. The van der Waals surface area contributed by atoms with Crippen LogP contribution < -0.4 is 10.9 Å². The molecule has 0 bridgehead atoms. The summed E-state index contributed by atoms with van der Waals surface area (Å²) in [5, 5.41) is 0. The maximum Gasteiger partial charge on any atom is 0.269 e. The van der Waals surface area contributed by atoms with Crippen molar-refractivity contribution in [2.75, 3.05) is 6.54 Å². The van der Waals surface area contributed by atoms with Gasteiger partial charge in [-0.25, -0.2) is 4.39 Å². The summed E-state index contributed by atoms with van der Waals surface area (Å²) < 4.78 is 13.5. The first-order valence-corrected chi connectivity index (χ1v) is 9.16. The number of rotatable bonds is 5. The summed E-state index contributed by atoms with van der Waals surface area (Å²) in [7, 11) is 0. The second-order valence-corrected chi connectivity index (χ2v) is 6.98.